The minimum Gasteiger partial charge on any atom is -0.486 e. The van der Waals surface area contributed by atoms with Crippen LogP contribution in [0.25, 0.3) is 16.9 Å². The Hall–Kier alpha value is -2.68. The van der Waals surface area contributed by atoms with Crippen molar-refractivity contribution in [2.24, 2.45) is 0 Å². The number of ether oxygens (including phenoxy) is 2. The highest BCUT2D eigenvalue weighted by Gasteiger charge is 2.31. The molecule has 0 unspecified atom stereocenters. The van der Waals surface area contributed by atoms with Gasteiger partial charge in [-0.2, -0.15) is 5.10 Å². The quantitative estimate of drug-likeness (QED) is 0.673. The fourth-order valence-corrected chi connectivity index (χ4v) is 3.15. The molecule has 0 fully saturated rings. The van der Waals surface area contributed by atoms with Gasteiger partial charge in [-0.15, -0.1) is 13.2 Å². The van der Waals surface area contributed by atoms with Crippen LogP contribution in [0.5, 0.6) is 11.5 Å². The van der Waals surface area contributed by atoms with Crippen molar-refractivity contribution in [2.75, 3.05) is 25.1 Å². The molecule has 1 aliphatic rings. The molecule has 136 valence electrons. The average Bonchev–Trinajstić information content (AvgIpc) is 2.97. The van der Waals surface area contributed by atoms with Crippen molar-refractivity contribution in [1.82, 2.24) is 14.6 Å². The van der Waals surface area contributed by atoms with E-state index in [0.717, 1.165) is 0 Å². The predicted molar refractivity (Wildman–Crippen MR) is 88.9 cm³/mol. The van der Waals surface area contributed by atoms with Gasteiger partial charge in [-0.3, -0.25) is 0 Å². The number of fused-ring (bicyclic) bond motifs is 3. The Bertz CT molecular complexity index is 990. The minimum atomic E-state index is -4.77. The molecular weight excluding hydrogens is 373 g/mol. The van der Waals surface area contributed by atoms with Gasteiger partial charge in [0.15, 0.2) is 16.5 Å². The summed E-state index contributed by atoms with van der Waals surface area (Å²) >= 11 is 6.30. The fraction of sp³-hybridized carbons (Fsp3) is 0.250. The van der Waals surface area contributed by atoms with Gasteiger partial charge < -0.3 is 14.4 Å². The highest BCUT2D eigenvalue weighted by molar-refractivity contribution is 6.32. The third kappa shape index (κ3) is 2.88. The lowest BCUT2D eigenvalue weighted by atomic mass is 10.1. The van der Waals surface area contributed by atoms with Crippen LogP contribution in [0.3, 0.4) is 0 Å². The molecule has 0 radical (unpaired) electrons. The van der Waals surface area contributed by atoms with E-state index in [1.165, 1.54) is 28.9 Å². The van der Waals surface area contributed by atoms with Gasteiger partial charge in [0.25, 0.3) is 0 Å². The maximum Gasteiger partial charge on any atom is 0.573 e. The Morgan fingerprint density at radius 1 is 1.31 bits per heavy atom. The largest absolute Gasteiger partial charge is 0.573 e. The zero-order valence-electron chi connectivity index (χ0n) is 13.4. The summed E-state index contributed by atoms with van der Waals surface area (Å²) in [4.78, 5) is 6.23. The molecule has 0 saturated heterocycles. The second-order valence-electron chi connectivity index (χ2n) is 5.69. The highest BCUT2D eigenvalue weighted by Crippen LogP contribution is 2.40. The van der Waals surface area contributed by atoms with Gasteiger partial charge in [0.1, 0.15) is 18.0 Å². The van der Waals surface area contributed by atoms with Gasteiger partial charge in [0, 0.05) is 12.6 Å². The third-order valence-electron chi connectivity index (χ3n) is 3.96. The van der Waals surface area contributed by atoms with Gasteiger partial charge in [0.2, 0.25) is 0 Å². The van der Waals surface area contributed by atoms with E-state index in [1.54, 1.807) is 6.07 Å². The van der Waals surface area contributed by atoms with Crippen molar-refractivity contribution in [3.63, 3.8) is 0 Å². The monoisotopic (exact) mass is 384 g/mol. The van der Waals surface area contributed by atoms with E-state index < -0.39 is 6.36 Å². The van der Waals surface area contributed by atoms with E-state index in [1.807, 2.05) is 11.9 Å². The number of hydrogen-bond donors (Lipinski definition) is 0. The first-order valence-corrected chi connectivity index (χ1v) is 7.98. The summed E-state index contributed by atoms with van der Waals surface area (Å²) < 4.78 is 48.5. The summed E-state index contributed by atoms with van der Waals surface area (Å²) in [7, 11) is 1.87. The van der Waals surface area contributed by atoms with E-state index in [0.29, 0.717) is 41.5 Å². The van der Waals surface area contributed by atoms with Crippen LogP contribution in [-0.2, 0) is 0 Å². The number of hydrogen-bond acceptors (Lipinski definition) is 5. The summed E-state index contributed by atoms with van der Waals surface area (Å²) in [5.74, 6) is 0.165. The van der Waals surface area contributed by atoms with E-state index in [4.69, 9.17) is 16.3 Å². The van der Waals surface area contributed by atoms with Gasteiger partial charge in [0.05, 0.1) is 18.4 Å². The van der Waals surface area contributed by atoms with Crippen molar-refractivity contribution in [2.45, 2.75) is 6.36 Å². The first kappa shape index (κ1) is 16.8. The van der Waals surface area contributed by atoms with E-state index in [9.17, 15) is 13.2 Å². The molecule has 1 aliphatic heterocycles. The van der Waals surface area contributed by atoms with Gasteiger partial charge in [-0.1, -0.05) is 23.7 Å². The van der Waals surface area contributed by atoms with Crippen LogP contribution in [0.2, 0.25) is 5.15 Å². The fourth-order valence-electron chi connectivity index (χ4n) is 2.85. The first-order chi connectivity index (χ1) is 12.3. The zero-order valence-corrected chi connectivity index (χ0v) is 14.2. The van der Waals surface area contributed by atoms with Crippen molar-refractivity contribution in [1.29, 1.82) is 0 Å². The number of likely N-dealkylation sites (N-methyl/N-ethyl adjacent to an activating group) is 1. The van der Waals surface area contributed by atoms with Crippen molar-refractivity contribution >= 4 is 22.9 Å². The molecule has 4 rings (SSSR count). The predicted octanol–water partition coefficient (Wildman–Crippen LogP) is 3.78. The molecule has 26 heavy (non-hydrogen) atoms. The second kappa shape index (κ2) is 5.94. The van der Waals surface area contributed by atoms with Gasteiger partial charge in [-0.05, 0) is 12.1 Å². The molecule has 0 bridgehead atoms. The number of benzene rings is 1. The van der Waals surface area contributed by atoms with Crippen molar-refractivity contribution in [3.8, 4) is 22.8 Å². The molecule has 0 amide bonds. The maximum absolute atomic E-state index is 12.5. The lowest BCUT2D eigenvalue weighted by Gasteiger charge is -2.28. The van der Waals surface area contributed by atoms with E-state index >= 15 is 0 Å². The SMILES string of the molecule is CN1CCOc2c1c(Cl)nn1c(-c3cccc(OC(F)(F)F)c3)cnc21. The van der Waals surface area contributed by atoms with E-state index in [-0.39, 0.29) is 10.9 Å². The Kier molecular flexibility index (Phi) is 3.83. The molecular formula is C16H12ClF3N4O2. The number of alkyl halides is 3. The maximum atomic E-state index is 12.5. The van der Waals surface area contributed by atoms with Crippen LogP contribution in [0.15, 0.2) is 30.5 Å². The van der Waals surface area contributed by atoms with Crippen LogP contribution in [0.1, 0.15) is 0 Å². The molecule has 6 nitrogen and oxygen atoms in total. The Labute approximate surface area is 150 Å². The molecule has 3 aromatic rings. The molecule has 0 N–H and O–H groups in total. The summed E-state index contributed by atoms with van der Waals surface area (Å²) in [5.41, 5.74) is 1.99. The topological polar surface area (TPSA) is 51.9 Å². The second-order valence-corrected chi connectivity index (χ2v) is 6.05. The number of anilines is 1. The molecule has 10 heteroatoms. The van der Waals surface area contributed by atoms with Gasteiger partial charge in [-0.25, -0.2) is 9.50 Å². The van der Waals surface area contributed by atoms with Crippen LogP contribution in [0, 0.1) is 0 Å². The molecule has 2 aromatic heterocycles. The molecule has 1 aromatic carbocycles. The summed E-state index contributed by atoms with van der Waals surface area (Å²) in [6.07, 6.45) is -3.26. The lowest BCUT2D eigenvalue weighted by molar-refractivity contribution is -0.274. The minimum absolute atomic E-state index is 0.219. The van der Waals surface area contributed by atoms with Crippen LogP contribution in [0.4, 0.5) is 18.9 Å². The zero-order chi connectivity index (χ0) is 18.5. The number of imidazole rings is 1. The number of aromatic nitrogens is 3. The Morgan fingerprint density at radius 2 is 2.12 bits per heavy atom. The van der Waals surface area contributed by atoms with Crippen LogP contribution < -0.4 is 14.4 Å². The number of rotatable bonds is 2. The summed E-state index contributed by atoms with van der Waals surface area (Å²) in [5, 5.41) is 4.53. The normalized spacial score (nSPS) is 14.3. The van der Waals surface area contributed by atoms with E-state index in [2.05, 4.69) is 14.8 Å². The number of halogens is 4. The Balaban J connectivity index is 1.84. The molecule has 3 heterocycles. The smallest absolute Gasteiger partial charge is 0.486 e. The van der Waals surface area contributed by atoms with Crippen molar-refractivity contribution in [3.05, 3.63) is 35.6 Å². The summed E-state index contributed by atoms with van der Waals surface area (Å²) in [6, 6.07) is 5.58. The third-order valence-corrected chi connectivity index (χ3v) is 4.21. The van der Waals surface area contributed by atoms with Crippen LogP contribution in [-0.4, -0.2) is 41.2 Å². The van der Waals surface area contributed by atoms with Crippen LogP contribution >= 0.6 is 11.6 Å². The molecule has 0 atom stereocenters. The molecule has 0 saturated carbocycles. The lowest BCUT2D eigenvalue weighted by Crippen LogP contribution is -2.30. The summed E-state index contributed by atoms with van der Waals surface area (Å²) in [6.45, 7) is 1.13. The molecule has 0 aliphatic carbocycles. The molecule has 0 spiro atoms. The number of nitrogens with zero attached hydrogens (tertiary/aromatic N) is 4. The standard InChI is InChI=1S/C16H12ClF3N4O2/c1-23-5-6-25-13-12(23)14(17)22-24-11(8-21-15(13)24)9-3-2-4-10(7-9)26-16(18,19)20/h2-4,7-8H,5-6H2,1H3. The van der Waals surface area contributed by atoms with Gasteiger partial charge >= 0.3 is 6.36 Å². The first-order valence-electron chi connectivity index (χ1n) is 7.61. The highest BCUT2D eigenvalue weighted by atomic mass is 35.5. The van der Waals surface area contributed by atoms with Crippen molar-refractivity contribution < 1.29 is 22.6 Å². The Morgan fingerprint density at radius 3 is 2.88 bits per heavy atom. The average molecular weight is 385 g/mol.